The van der Waals surface area contributed by atoms with Crippen LogP contribution >= 0.6 is 0 Å². The van der Waals surface area contributed by atoms with Crippen molar-refractivity contribution in [1.29, 1.82) is 0 Å². The molecule has 540 valence electrons. The predicted octanol–water partition coefficient (Wildman–Crippen LogP) is 16.7. The highest BCUT2D eigenvalue weighted by atomic mass is 16.7. The maximum Gasteiger partial charge on any atom is 0.220 e. The van der Waals surface area contributed by atoms with E-state index < -0.39 is 86.8 Å². The van der Waals surface area contributed by atoms with Crippen LogP contribution in [0, 0.1) is 0 Å². The number of carbonyl (C=O) groups is 1. The molecular formula is C79H141NO13. The number of allylic oxidation sites excluding steroid dienone is 13. The van der Waals surface area contributed by atoms with Gasteiger partial charge in [-0.1, -0.05) is 311 Å². The van der Waals surface area contributed by atoms with Crippen molar-refractivity contribution < 1.29 is 64.6 Å². The van der Waals surface area contributed by atoms with Crippen molar-refractivity contribution in [3.8, 4) is 0 Å². The quantitative estimate of drug-likeness (QED) is 0.0204. The Kier molecular flexibility index (Phi) is 58.1. The van der Waals surface area contributed by atoms with E-state index in [1.807, 2.05) is 6.08 Å². The van der Waals surface area contributed by atoms with Gasteiger partial charge in [-0.25, -0.2) is 0 Å². The SMILES string of the molecule is CC/C=C\C/C=C\C/C=C\C/C=C\CCCCCCCCCCCCCCCCCCCCCCCCCCC(=O)NC(COC1OC(CO)C(OC2OC(CO)C(O)C(O)C2O)C(O)C1O)C(O)/C=C/CC/C=C/CC/C=C/CCCCCCCCCCCCCC. The molecule has 0 saturated carbocycles. The van der Waals surface area contributed by atoms with Crippen LogP contribution in [0.5, 0.6) is 0 Å². The standard InChI is InChI=1S/C79H141NO13/c1-3-5-7-9-11-13-15-17-19-21-23-25-27-28-29-30-31-32-33-34-35-36-37-38-39-40-41-43-45-47-49-51-53-55-57-59-61-63-71(84)80-67(66-90-78-76(89)74(87)77(70(65-82)92-78)93-79-75(88)73(86)72(85)69(64-81)91-79)68(83)62-60-58-56-54-52-50-48-46-44-42-26-24-22-20-18-16-14-12-10-8-6-4-2/h5,7,11,13,17,19,23,25,44,46,52,54,60,62,67-70,72-79,81-83,85-89H,3-4,6,8-10,12,14-16,18,20-22,24,26-43,45,47-51,53,55-59,61,63-66H2,1-2H3,(H,80,84)/b7-5-,13-11-,19-17-,25-23-,46-44+,54-52+,62-60+. The second-order valence-electron chi connectivity index (χ2n) is 26.7. The fourth-order valence-electron chi connectivity index (χ4n) is 12.3. The van der Waals surface area contributed by atoms with Crippen LogP contribution in [-0.2, 0) is 23.7 Å². The van der Waals surface area contributed by atoms with Crippen LogP contribution in [0.3, 0.4) is 0 Å². The monoisotopic (exact) mass is 1310 g/mol. The Morgan fingerprint density at radius 1 is 0.398 bits per heavy atom. The van der Waals surface area contributed by atoms with Crippen LogP contribution in [0.15, 0.2) is 85.1 Å². The summed E-state index contributed by atoms with van der Waals surface area (Å²) in [5.74, 6) is -0.249. The number of carbonyl (C=O) groups excluding carboxylic acids is 1. The number of hydrogen-bond acceptors (Lipinski definition) is 13. The normalized spacial score (nSPS) is 23.0. The Morgan fingerprint density at radius 3 is 1.18 bits per heavy atom. The first-order chi connectivity index (χ1) is 45.6. The highest BCUT2D eigenvalue weighted by molar-refractivity contribution is 5.76. The molecule has 0 radical (unpaired) electrons. The lowest BCUT2D eigenvalue weighted by Gasteiger charge is -2.46. The minimum atomic E-state index is -1.80. The third-order valence-corrected chi connectivity index (χ3v) is 18.3. The van der Waals surface area contributed by atoms with Crippen molar-refractivity contribution >= 4 is 5.91 Å². The van der Waals surface area contributed by atoms with E-state index in [4.69, 9.17) is 18.9 Å². The number of nitrogens with one attached hydrogen (secondary N) is 1. The van der Waals surface area contributed by atoms with E-state index in [-0.39, 0.29) is 18.9 Å². The molecule has 0 bridgehead atoms. The number of ether oxygens (including phenoxy) is 4. The Hall–Kier alpha value is -2.83. The first kappa shape index (κ1) is 86.3. The second-order valence-corrected chi connectivity index (χ2v) is 26.7. The molecule has 0 aromatic heterocycles. The summed E-state index contributed by atoms with van der Waals surface area (Å²) in [6.07, 6.45) is 70.9. The smallest absolute Gasteiger partial charge is 0.220 e. The average molecular weight is 1310 g/mol. The molecule has 12 unspecified atom stereocenters. The number of hydrogen-bond donors (Lipinski definition) is 9. The summed E-state index contributed by atoms with van der Waals surface area (Å²) in [7, 11) is 0. The maximum atomic E-state index is 13.4. The molecule has 1 amide bonds. The Balaban J connectivity index is 1.61. The highest BCUT2D eigenvalue weighted by Gasteiger charge is 2.51. The van der Waals surface area contributed by atoms with Crippen molar-refractivity contribution in [3.05, 3.63) is 85.1 Å². The zero-order chi connectivity index (χ0) is 67.3. The van der Waals surface area contributed by atoms with E-state index in [9.17, 15) is 45.6 Å². The first-order valence-electron chi connectivity index (χ1n) is 38.3. The fraction of sp³-hybridized carbons (Fsp3) is 0.810. The number of rotatable bonds is 63. The molecule has 2 aliphatic heterocycles. The summed E-state index contributed by atoms with van der Waals surface area (Å²) >= 11 is 0. The minimum Gasteiger partial charge on any atom is -0.394 e. The lowest BCUT2D eigenvalue weighted by molar-refractivity contribution is -0.359. The van der Waals surface area contributed by atoms with Crippen molar-refractivity contribution in [3.63, 3.8) is 0 Å². The number of aliphatic hydroxyl groups excluding tert-OH is 8. The second kappa shape index (κ2) is 62.7. The summed E-state index contributed by atoms with van der Waals surface area (Å²) in [6.45, 7) is 2.70. The molecule has 2 aliphatic rings. The van der Waals surface area contributed by atoms with Crippen LogP contribution in [0.25, 0.3) is 0 Å². The van der Waals surface area contributed by atoms with Crippen LogP contribution in [0.1, 0.15) is 316 Å². The first-order valence-corrected chi connectivity index (χ1v) is 38.3. The minimum absolute atomic E-state index is 0.249. The van der Waals surface area contributed by atoms with E-state index >= 15 is 0 Å². The molecule has 0 spiro atoms. The molecular weight excluding hydrogens is 1170 g/mol. The molecule has 0 aromatic carbocycles. The molecule has 2 heterocycles. The van der Waals surface area contributed by atoms with E-state index in [0.717, 1.165) is 70.6 Å². The van der Waals surface area contributed by atoms with Crippen molar-refractivity contribution in [1.82, 2.24) is 5.32 Å². The molecule has 0 aliphatic carbocycles. The molecule has 9 N–H and O–H groups in total. The van der Waals surface area contributed by atoms with Gasteiger partial charge in [-0.2, -0.15) is 0 Å². The van der Waals surface area contributed by atoms with Crippen LogP contribution in [0.4, 0.5) is 0 Å². The van der Waals surface area contributed by atoms with Crippen molar-refractivity contribution in [2.75, 3.05) is 19.8 Å². The molecule has 14 nitrogen and oxygen atoms in total. The van der Waals surface area contributed by atoms with Gasteiger partial charge in [0.05, 0.1) is 32.0 Å². The molecule has 14 heteroatoms. The molecule has 93 heavy (non-hydrogen) atoms. The predicted molar refractivity (Wildman–Crippen MR) is 383 cm³/mol. The Labute approximate surface area is 567 Å². The van der Waals surface area contributed by atoms with Crippen molar-refractivity contribution in [2.45, 2.75) is 389 Å². The average Bonchev–Trinajstić information content (AvgIpc) is 0.852. The van der Waals surface area contributed by atoms with Gasteiger partial charge in [0.1, 0.15) is 48.8 Å². The van der Waals surface area contributed by atoms with E-state index in [1.54, 1.807) is 6.08 Å². The summed E-state index contributed by atoms with van der Waals surface area (Å²) in [4.78, 5) is 13.4. The maximum absolute atomic E-state index is 13.4. The highest BCUT2D eigenvalue weighted by Crippen LogP contribution is 2.30. The lowest BCUT2D eigenvalue weighted by atomic mass is 9.97. The number of unbranched alkanes of at least 4 members (excludes halogenated alkanes) is 38. The lowest BCUT2D eigenvalue weighted by Crippen LogP contribution is -2.65. The Morgan fingerprint density at radius 2 is 0.753 bits per heavy atom. The van der Waals surface area contributed by atoms with Crippen LogP contribution in [0.2, 0.25) is 0 Å². The van der Waals surface area contributed by atoms with Gasteiger partial charge in [0.2, 0.25) is 5.91 Å². The fourth-order valence-corrected chi connectivity index (χ4v) is 12.3. The van der Waals surface area contributed by atoms with Crippen LogP contribution < -0.4 is 5.32 Å². The van der Waals surface area contributed by atoms with Gasteiger partial charge in [-0.05, 0) is 83.5 Å². The summed E-state index contributed by atoms with van der Waals surface area (Å²) in [5.41, 5.74) is 0. The van der Waals surface area contributed by atoms with E-state index in [2.05, 4.69) is 92.1 Å². The third-order valence-electron chi connectivity index (χ3n) is 18.3. The third kappa shape index (κ3) is 46.1. The van der Waals surface area contributed by atoms with Gasteiger partial charge in [0, 0.05) is 6.42 Å². The summed E-state index contributed by atoms with van der Waals surface area (Å²) < 4.78 is 22.9. The van der Waals surface area contributed by atoms with Gasteiger partial charge >= 0.3 is 0 Å². The van der Waals surface area contributed by atoms with E-state index in [1.165, 1.54) is 212 Å². The van der Waals surface area contributed by atoms with Gasteiger partial charge < -0.3 is 65.1 Å². The summed E-state index contributed by atoms with van der Waals surface area (Å²) in [6, 6.07) is -0.941. The topological polar surface area (TPSA) is 228 Å². The summed E-state index contributed by atoms with van der Waals surface area (Å²) in [5, 5.41) is 87.5. The molecule has 2 fully saturated rings. The largest absolute Gasteiger partial charge is 0.394 e. The zero-order valence-corrected chi connectivity index (χ0v) is 59.0. The van der Waals surface area contributed by atoms with Gasteiger partial charge in [0.15, 0.2) is 12.6 Å². The number of aliphatic hydroxyl groups is 8. The Bertz CT molecular complexity index is 1890. The molecule has 12 atom stereocenters. The van der Waals surface area contributed by atoms with E-state index in [0.29, 0.717) is 12.8 Å². The molecule has 2 saturated heterocycles. The van der Waals surface area contributed by atoms with Gasteiger partial charge in [-0.3, -0.25) is 4.79 Å². The van der Waals surface area contributed by atoms with Gasteiger partial charge in [-0.15, -0.1) is 0 Å². The number of amides is 1. The van der Waals surface area contributed by atoms with Crippen molar-refractivity contribution in [2.24, 2.45) is 0 Å². The zero-order valence-electron chi connectivity index (χ0n) is 59.0. The molecule has 0 aromatic rings. The molecule has 2 rings (SSSR count). The van der Waals surface area contributed by atoms with Crippen LogP contribution in [-0.4, -0.2) is 140 Å². The van der Waals surface area contributed by atoms with Gasteiger partial charge in [0.25, 0.3) is 0 Å².